The van der Waals surface area contributed by atoms with Crippen molar-refractivity contribution in [1.29, 1.82) is 0 Å². The maximum atomic E-state index is 6.28. The van der Waals surface area contributed by atoms with E-state index in [2.05, 4.69) is 44.8 Å². The minimum absolute atomic E-state index is 0.0634. The van der Waals surface area contributed by atoms with Gasteiger partial charge in [-0.15, -0.1) is 0 Å². The van der Waals surface area contributed by atoms with Crippen LogP contribution in [0.1, 0.15) is 53.2 Å². The molecule has 0 atom stereocenters. The molecular formula is C16H26ClN3. The summed E-state index contributed by atoms with van der Waals surface area (Å²) in [5, 5.41) is 4.19. The highest BCUT2D eigenvalue weighted by molar-refractivity contribution is 6.31. The molecule has 4 heteroatoms. The molecule has 1 aromatic heterocycles. The first kappa shape index (κ1) is 15.6. The van der Waals surface area contributed by atoms with E-state index >= 15 is 0 Å². The highest BCUT2D eigenvalue weighted by Crippen LogP contribution is 2.33. The third-order valence-electron chi connectivity index (χ3n) is 3.87. The molecule has 2 rings (SSSR count). The number of nitrogens with zero attached hydrogens (tertiary/aromatic N) is 2. The Kier molecular flexibility index (Phi) is 4.31. The molecule has 1 aliphatic heterocycles. The third kappa shape index (κ3) is 3.64. The van der Waals surface area contributed by atoms with Gasteiger partial charge in [-0.1, -0.05) is 11.6 Å². The minimum atomic E-state index is 0.0634. The van der Waals surface area contributed by atoms with Gasteiger partial charge < -0.3 is 10.2 Å². The summed E-state index contributed by atoms with van der Waals surface area (Å²) < 4.78 is 0. The molecular weight excluding hydrogens is 270 g/mol. The Morgan fingerprint density at radius 2 is 2.05 bits per heavy atom. The van der Waals surface area contributed by atoms with Crippen molar-refractivity contribution in [3.63, 3.8) is 0 Å². The summed E-state index contributed by atoms with van der Waals surface area (Å²) in [7, 11) is 0. The maximum Gasteiger partial charge on any atom is 0.129 e. The second-order valence-electron chi connectivity index (χ2n) is 7.27. The molecule has 0 spiro atoms. The second-order valence-corrected chi connectivity index (χ2v) is 7.68. The van der Waals surface area contributed by atoms with E-state index in [1.807, 2.05) is 12.1 Å². The first-order valence-corrected chi connectivity index (χ1v) is 7.75. The molecule has 1 fully saturated rings. The topological polar surface area (TPSA) is 28.2 Å². The number of hydrogen-bond donors (Lipinski definition) is 1. The first-order valence-electron chi connectivity index (χ1n) is 7.37. The standard InChI is InChI=1S/C16H26ClN3/c1-15(2,3)18-11-13-12(17)7-8-14(19-13)20-10-6-9-16(20,4)5/h7-8,18H,6,9-11H2,1-5H3. The monoisotopic (exact) mass is 295 g/mol. The molecule has 1 aromatic rings. The minimum Gasteiger partial charge on any atom is -0.351 e. The summed E-state index contributed by atoms with van der Waals surface area (Å²) in [5.41, 5.74) is 1.19. The van der Waals surface area contributed by atoms with Gasteiger partial charge in [-0.05, 0) is 59.6 Å². The van der Waals surface area contributed by atoms with Crippen LogP contribution in [0.2, 0.25) is 5.02 Å². The fourth-order valence-electron chi connectivity index (χ4n) is 2.63. The molecule has 0 unspecified atom stereocenters. The highest BCUT2D eigenvalue weighted by atomic mass is 35.5. The fourth-order valence-corrected chi connectivity index (χ4v) is 2.80. The number of rotatable bonds is 3. The molecule has 0 aromatic carbocycles. The van der Waals surface area contributed by atoms with Crippen molar-refractivity contribution in [1.82, 2.24) is 10.3 Å². The van der Waals surface area contributed by atoms with Crippen molar-refractivity contribution in [2.75, 3.05) is 11.4 Å². The molecule has 1 N–H and O–H groups in total. The van der Waals surface area contributed by atoms with Crippen molar-refractivity contribution in [3.8, 4) is 0 Å². The van der Waals surface area contributed by atoms with Crippen molar-refractivity contribution in [3.05, 3.63) is 22.8 Å². The molecule has 3 nitrogen and oxygen atoms in total. The zero-order valence-corrected chi connectivity index (χ0v) is 14.0. The number of halogens is 1. The van der Waals surface area contributed by atoms with Crippen molar-refractivity contribution < 1.29 is 0 Å². The lowest BCUT2D eigenvalue weighted by molar-refractivity contribution is 0.421. The number of hydrogen-bond acceptors (Lipinski definition) is 3. The second kappa shape index (κ2) is 5.53. The van der Waals surface area contributed by atoms with Gasteiger partial charge in [-0.3, -0.25) is 0 Å². The molecule has 0 bridgehead atoms. The molecule has 0 saturated carbocycles. The van der Waals surface area contributed by atoms with Gasteiger partial charge in [0.05, 0.1) is 10.7 Å². The highest BCUT2D eigenvalue weighted by Gasteiger charge is 2.32. The van der Waals surface area contributed by atoms with E-state index < -0.39 is 0 Å². The largest absolute Gasteiger partial charge is 0.351 e. The number of anilines is 1. The quantitative estimate of drug-likeness (QED) is 0.913. The van der Waals surface area contributed by atoms with Crippen LogP contribution in [0.25, 0.3) is 0 Å². The van der Waals surface area contributed by atoms with Crippen LogP contribution in [0.4, 0.5) is 5.82 Å². The lowest BCUT2D eigenvalue weighted by Gasteiger charge is -2.33. The van der Waals surface area contributed by atoms with Gasteiger partial charge in [-0.25, -0.2) is 4.98 Å². The van der Waals surface area contributed by atoms with Crippen LogP contribution in [0.15, 0.2) is 12.1 Å². The van der Waals surface area contributed by atoms with Gasteiger partial charge in [0.25, 0.3) is 0 Å². The molecule has 1 saturated heterocycles. The van der Waals surface area contributed by atoms with E-state index in [0.29, 0.717) is 6.54 Å². The van der Waals surface area contributed by atoms with Crippen LogP contribution in [-0.2, 0) is 6.54 Å². The summed E-state index contributed by atoms with van der Waals surface area (Å²) in [6, 6.07) is 4.01. The van der Waals surface area contributed by atoms with Gasteiger partial charge in [0.1, 0.15) is 5.82 Å². The van der Waals surface area contributed by atoms with Gasteiger partial charge in [0.2, 0.25) is 0 Å². The summed E-state index contributed by atoms with van der Waals surface area (Å²) >= 11 is 6.28. The van der Waals surface area contributed by atoms with E-state index in [9.17, 15) is 0 Å². The van der Waals surface area contributed by atoms with Crippen molar-refractivity contribution >= 4 is 17.4 Å². The predicted octanol–water partition coefficient (Wildman–Crippen LogP) is 4.00. The summed E-state index contributed by atoms with van der Waals surface area (Å²) in [6.07, 6.45) is 2.44. The average molecular weight is 296 g/mol. The molecule has 0 amide bonds. The van der Waals surface area contributed by atoms with Crippen LogP contribution in [0.5, 0.6) is 0 Å². The predicted molar refractivity (Wildman–Crippen MR) is 86.5 cm³/mol. The van der Waals surface area contributed by atoms with Gasteiger partial charge in [-0.2, -0.15) is 0 Å². The third-order valence-corrected chi connectivity index (χ3v) is 4.21. The van der Waals surface area contributed by atoms with Crippen molar-refractivity contribution in [2.45, 2.75) is 65.1 Å². The molecule has 112 valence electrons. The van der Waals surface area contributed by atoms with E-state index in [4.69, 9.17) is 16.6 Å². The van der Waals surface area contributed by atoms with Gasteiger partial charge >= 0.3 is 0 Å². The molecule has 0 aliphatic carbocycles. The van der Waals surface area contributed by atoms with Crippen molar-refractivity contribution in [2.24, 2.45) is 0 Å². The number of nitrogens with one attached hydrogen (secondary N) is 1. The molecule has 2 heterocycles. The lowest BCUT2D eigenvalue weighted by Crippen LogP contribution is -2.39. The van der Waals surface area contributed by atoms with E-state index in [-0.39, 0.29) is 11.1 Å². The van der Waals surface area contributed by atoms with Crippen LogP contribution < -0.4 is 10.2 Å². The fraction of sp³-hybridized carbons (Fsp3) is 0.688. The van der Waals surface area contributed by atoms with E-state index in [0.717, 1.165) is 23.1 Å². The normalized spacial score (nSPS) is 18.6. The Bertz CT molecular complexity index is 477. The van der Waals surface area contributed by atoms with Crippen LogP contribution in [0, 0.1) is 0 Å². The number of pyridine rings is 1. The Balaban J connectivity index is 2.20. The van der Waals surface area contributed by atoms with E-state index in [1.54, 1.807) is 0 Å². The Morgan fingerprint density at radius 3 is 2.60 bits per heavy atom. The molecule has 20 heavy (non-hydrogen) atoms. The SMILES string of the molecule is CC(C)(C)NCc1nc(N2CCCC2(C)C)ccc1Cl. The summed E-state index contributed by atoms with van der Waals surface area (Å²) in [6.45, 7) is 12.8. The smallest absolute Gasteiger partial charge is 0.129 e. The van der Waals surface area contributed by atoms with Crippen LogP contribution in [0.3, 0.4) is 0 Å². The summed E-state index contributed by atoms with van der Waals surface area (Å²) in [4.78, 5) is 7.18. The molecule has 0 radical (unpaired) electrons. The lowest BCUT2D eigenvalue weighted by atomic mass is 10.0. The first-order chi connectivity index (χ1) is 9.19. The van der Waals surface area contributed by atoms with Crippen LogP contribution in [-0.4, -0.2) is 22.6 Å². The summed E-state index contributed by atoms with van der Waals surface area (Å²) in [5.74, 6) is 1.04. The van der Waals surface area contributed by atoms with Gasteiger partial charge in [0.15, 0.2) is 0 Å². The van der Waals surface area contributed by atoms with Gasteiger partial charge in [0, 0.05) is 24.2 Å². The Labute approximate surface area is 127 Å². The number of aromatic nitrogens is 1. The Hall–Kier alpha value is -0.800. The molecule has 1 aliphatic rings. The zero-order chi connectivity index (χ0) is 15.0. The van der Waals surface area contributed by atoms with Crippen LogP contribution >= 0.6 is 11.6 Å². The maximum absolute atomic E-state index is 6.28. The zero-order valence-electron chi connectivity index (χ0n) is 13.3. The Morgan fingerprint density at radius 1 is 1.35 bits per heavy atom. The average Bonchev–Trinajstić information content (AvgIpc) is 2.67. The van der Waals surface area contributed by atoms with E-state index in [1.165, 1.54) is 12.8 Å².